The summed E-state index contributed by atoms with van der Waals surface area (Å²) in [5, 5.41) is 2.04. The number of ether oxygens (including phenoxy) is 2. The Bertz CT molecular complexity index is 655. The van der Waals surface area contributed by atoms with Gasteiger partial charge in [0.1, 0.15) is 6.61 Å². The maximum Gasteiger partial charge on any atom is 0.222 e. The van der Waals surface area contributed by atoms with Gasteiger partial charge in [0.2, 0.25) is 5.91 Å². The van der Waals surface area contributed by atoms with Gasteiger partial charge < -0.3 is 14.4 Å². The molecule has 1 heterocycles. The molecule has 5 heteroatoms. The van der Waals surface area contributed by atoms with Crippen molar-refractivity contribution in [1.29, 1.82) is 0 Å². The zero-order valence-electron chi connectivity index (χ0n) is 15.3. The number of carbonyl (C=O) groups excluding carboxylic acids is 1. The zero-order chi connectivity index (χ0) is 18.1. The molecule has 0 radical (unpaired) electrons. The van der Waals surface area contributed by atoms with E-state index in [1.807, 2.05) is 47.5 Å². The number of nitrogens with zero attached hydrogens (tertiary/aromatic N) is 1. The van der Waals surface area contributed by atoms with E-state index in [1.165, 1.54) is 4.88 Å². The molecule has 2 aromatic rings. The molecule has 1 aromatic carbocycles. The molecule has 136 valence electrons. The number of hydrogen-bond donors (Lipinski definition) is 0. The average molecular weight is 362 g/mol. The van der Waals surface area contributed by atoms with Gasteiger partial charge in [-0.25, -0.2) is 0 Å². The second-order valence-corrected chi connectivity index (χ2v) is 6.90. The van der Waals surface area contributed by atoms with Crippen LogP contribution in [0.1, 0.15) is 43.6 Å². The molecule has 2 rings (SSSR count). The number of unbranched alkanes of at least 4 members (excludes halogenated alkanes) is 1. The van der Waals surface area contributed by atoms with Crippen LogP contribution < -0.4 is 9.47 Å². The Morgan fingerprint density at radius 3 is 2.68 bits per heavy atom. The molecular formula is C20H27NO3S. The van der Waals surface area contributed by atoms with Gasteiger partial charge in [-0.15, -0.1) is 11.3 Å². The van der Waals surface area contributed by atoms with Gasteiger partial charge in [0, 0.05) is 24.4 Å². The lowest BCUT2D eigenvalue weighted by atomic mass is 10.1. The molecule has 0 spiro atoms. The number of methoxy groups -OCH3 is 1. The molecule has 0 bridgehead atoms. The van der Waals surface area contributed by atoms with E-state index in [0.29, 0.717) is 31.9 Å². The topological polar surface area (TPSA) is 38.8 Å². The first-order chi connectivity index (χ1) is 12.2. The Labute approximate surface area is 154 Å². The van der Waals surface area contributed by atoms with Crippen molar-refractivity contribution < 1.29 is 14.3 Å². The van der Waals surface area contributed by atoms with Crippen molar-refractivity contribution in [2.75, 3.05) is 13.7 Å². The highest BCUT2D eigenvalue weighted by atomic mass is 32.1. The monoisotopic (exact) mass is 361 g/mol. The quantitative estimate of drug-likeness (QED) is 0.606. The number of hydrogen-bond acceptors (Lipinski definition) is 4. The number of rotatable bonds is 10. The minimum Gasteiger partial charge on any atom is -0.493 e. The Morgan fingerprint density at radius 1 is 1.20 bits per heavy atom. The first-order valence-corrected chi connectivity index (χ1v) is 9.65. The van der Waals surface area contributed by atoms with Gasteiger partial charge in [0.15, 0.2) is 11.5 Å². The van der Waals surface area contributed by atoms with Crippen LogP contribution >= 0.6 is 11.3 Å². The van der Waals surface area contributed by atoms with Crippen LogP contribution in [0.5, 0.6) is 11.5 Å². The molecule has 0 fully saturated rings. The molecule has 1 aromatic heterocycles. The standard InChI is InChI=1S/C20H27NO3S/c1-4-6-9-20(22)21(5-2)14-16-10-11-18(19(13-16)23-3)24-15-17-8-7-12-25-17/h7-8,10-13H,4-6,9,14-15H2,1-3H3. The molecule has 0 saturated carbocycles. The Hall–Kier alpha value is -2.01. The molecule has 4 nitrogen and oxygen atoms in total. The highest BCUT2D eigenvalue weighted by Gasteiger charge is 2.13. The van der Waals surface area contributed by atoms with Gasteiger partial charge in [0.25, 0.3) is 0 Å². The number of amides is 1. The van der Waals surface area contributed by atoms with E-state index in [2.05, 4.69) is 6.92 Å². The van der Waals surface area contributed by atoms with Crippen LogP contribution in [0.4, 0.5) is 0 Å². The molecular weight excluding hydrogens is 334 g/mol. The van der Waals surface area contributed by atoms with Crippen molar-refractivity contribution in [3.8, 4) is 11.5 Å². The zero-order valence-corrected chi connectivity index (χ0v) is 16.1. The van der Waals surface area contributed by atoms with Crippen LogP contribution in [0.3, 0.4) is 0 Å². The summed E-state index contributed by atoms with van der Waals surface area (Å²) in [5.74, 6) is 1.63. The van der Waals surface area contributed by atoms with E-state index >= 15 is 0 Å². The summed E-state index contributed by atoms with van der Waals surface area (Å²) in [7, 11) is 1.64. The first kappa shape index (κ1) is 19.3. The summed E-state index contributed by atoms with van der Waals surface area (Å²) in [4.78, 5) is 15.3. The highest BCUT2D eigenvalue weighted by Crippen LogP contribution is 2.29. The van der Waals surface area contributed by atoms with Gasteiger partial charge >= 0.3 is 0 Å². The van der Waals surface area contributed by atoms with Crippen LogP contribution in [-0.4, -0.2) is 24.5 Å². The summed E-state index contributed by atoms with van der Waals surface area (Å²) in [5.41, 5.74) is 1.05. The number of carbonyl (C=O) groups is 1. The van der Waals surface area contributed by atoms with Gasteiger partial charge in [-0.1, -0.05) is 25.5 Å². The third kappa shape index (κ3) is 5.78. The third-order valence-corrected chi connectivity index (χ3v) is 4.88. The lowest BCUT2D eigenvalue weighted by molar-refractivity contribution is -0.131. The summed E-state index contributed by atoms with van der Waals surface area (Å²) >= 11 is 1.67. The predicted molar refractivity (Wildman–Crippen MR) is 102 cm³/mol. The van der Waals surface area contributed by atoms with Gasteiger partial charge in [0.05, 0.1) is 7.11 Å². The second-order valence-electron chi connectivity index (χ2n) is 5.86. The summed E-state index contributed by atoms with van der Waals surface area (Å²) in [6.07, 6.45) is 2.59. The van der Waals surface area contributed by atoms with E-state index in [9.17, 15) is 4.79 Å². The summed E-state index contributed by atoms with van der Waals surface area (Å²) < 4.78 is 11.3. The number of benzene rings is 1. The van der Waals surface area contributed by atoms with E-state index in [1.54, 1.807) is 18.4 Å². The van der Waals surface area contributed by atoms with Crippen LogP contribution in [0, 0.1) is 0 Å². The third-order valence-electron chi connectivity index (χ3n) is 4.03. The smallest absolute Gasteiger partial charge is 0.222 e. The maximum absolute atomic E-state index is 12.3. The van der Waals surface area contributed by atoms with Crippen molar-refractivity contribution in [3.63, 3.8) is 0 Å². The Morgan fingerprint density at radius 2 is 2.04 bits per heavy atom. The van der Waals surface area contributed by atoms with Gasteiger partial charge in [-0.05, 0) is 42.5 Å². The fourth-order valence-electron chi connectivity index (χ4n) is 2.56. The molecule has 1 amide bonds. The first-order valence-electron chi connectivity index (χ1n) is 8.77. The molecule has 0 unspecified atom stereocenters. The van der Waals surface area contributed by atoms with Gasteiger partial charge in [-0.3, -0.25) is 4.79 Å². The average Bonchev–Trinajstić information content (AvgIpc) is 3.16. The van der Waals surface area contributed by atoms with Crippen molar-refractivity contribution >= 4 is 17.2 Å². The van der Waals surface area contributed by atoms with E-state index in [0.717, 1.165) is 24.2 Å². The van der Waals surface area contributed by atoms with E-state index in [4.69, 9.17) is 9.47 Å². The minimum absolute atomic E-state index is 0.210. The lowest BCUT2D eigenvalue weighted by Gasteiger charge is -2.21. The molecule has 0 atom stereocenters. The van der Waals surface area contributed by atoms with E-state index in [-0.39, 0.29) is 5.91 Å². The van der Waals surface area contributed by atoms with E-state index < -0.39 is 0 Å². The molecule has 0 saturated heterocycles. The fourth-order valence-corrected chi connectivity index (χ4v) is 3.17. The Kier molecular flexibility index (Phi) is 7.79. The summed E-state index contributed by atoms with van der Waals surface area (Å²) in [6.45, 7) is 5.95. The highest BCUT2D eigenvalue weighted by molar-refractivity contribution is 7.09. The van der Waals surface area contributed by atoms with Crippen molar-refractivity contribution in [2.45, 2.75) is 46.3 Å². The fraction of sp³-hybridized carbons (Fsp3) is 0.450. The minimum atomic E-state index is 0.210. The van der Waals surface area contributed by atoms with Crippen LogP contribution in [0.2, 0.25) is 0 Å². The van der Waals surface area contributed by atoms with Gasteiger partial charge in [-0.2, -0.15) is 0 Å². The van der Waals surface area contributed by atoms with Crippen LogP contribution in [-0.2, 0) is 17.9 Å². The Balaban J connectivity index is 2.02. The molecule has 0 aliphatic rings. The van der Waals surface area contributed by atoms with Crippen molar-refractivity contribution in [2.24, 2.45) is 0 Å². The normalized spacial score (nSPS) is 10.5. The van der Waals surface area contributed by atoms with Crippen molar-refractivity contribution in [3.05, 3.63) is 46.2 Å². The van der Waals surface area contributed by atoms with Crippen molar-refractivity contribution in [1.82, 2.24) is 4.90 Å². The summed E-state index contributed by atoms with van der Waals surface area (Å²) in [6, 6.07) is 9.94. The molecule has 25 heavy (non-hydrogen) atoms. The molecule has 0 aliphatic carbocycles. The number of thiophene rings is 1. The maximum atomic E-state index is 12.3. The largest absolute Gasteiger partial charge is 0.493 e. The second kappa shape index (κ2) is 10.1. The SMILES string of the molecule is CCCCC(=O)N(CC)Cc1ccc(OCc2cccs2)c(OC)c1. The molecule has 0 aliphatic heterocycles. The van der Waals surface area contributed by atoms with Crippen LogP contribution in [0.15, 0.2) is 35.7 Å². The lowest BCUT2D eigenvalue weighted by Crippen LogP contribution is -2.30. The molecule has 0 N–H and O–H groups in total. The van der Waals surface area contributed by atoms with Crippen LogP contribution in [0.25, 0.3) is 0 Å². The predicted octanol–water partition coefficient (Wildman–Crippen LogP) is 4.87.